The number of amides is 1. The highest BCUT2D eigenvalue weighted by molar-refractivity contribution is 5.95. The van der Waals surface area contributed by atoms with Gasteiger partial charge in [-0.3, -0.25) is 9.59 Å². The first-order chi connectivity index (χ1) is 11.0. The third-order valence-electron chi connectivity index (χ3n) is 3.79. The topological polar surface area (TPSA) is 59.8 Å². The SMILES string of the molecule is CCC(=O)c1ccc(OCC(=O)N(C)C(C)c2ccco2)cc1. The fraction of sp³-hybridized carbons (Fsp3) is 0.333. The van der Waals surface area contributed by atoms with Gasteiger partial charge < -0.3 is 14.1 Å². The Morgan fingerprint density at radius 3 is 2.48 bits per heavy atom. The van der Waals surface area contributed by atoms with Gasteiger partial charge in [-0.15, -0.1) is 0 Å². The number of furan rings is 1. The van der Waals surface area contributed by atoms with Gasteiger partial charge in [-0.1, -0.05) is 6.92 Å². The minimum Gasteiger partial charge on any atom is -0.484 e. The van der Waals surface area contributed by atoms with Crippen LogP contribution in [0.4, 0.5) is 0 Å². The van der Waals surface area contributed by atoms with Crippen molar-refractivity contribution in [1.29, 1.82) is 0 Å². The van der Waals surface area contributed by atoms with Crippen molar-refractivity contribution in [2.45, 2.75) is 26.3 Å². The van der Waals surface area contributed by atoms with Crippen LogP contribution in [0.3, 0.4) is 0 Å². The van der Waals surface area contributed by atoms with Crippen molar-refractivity contribution >= 4 is 11.7 Å². The van der Waals surface area contributed by atoms with Crippen molar-refractivity contribution in [3.05, 3.63) is 54.0 Å². The second kappa shape index (κ2) is 7.63. The summed E-state index contributed by atoms with van der Waals surface area (Å²) in [6.07, 6.45) is 2.05. The first kappa shape index (κ1) is 16.8. The van der Waals surface area contributed by atoms with Crippen LogP contribution in [0.1, 0.15) is 42.4 Å². The van der Waals surface area contributed by atoms with Crippen LogP contribution < -0.4 is 4.74 Å². The van der Waals surface area contributed by atoms with Gasteiger partial charge in [0.1, 0.15) is 11.5 Å². The molecule has 0 saturated carbocycles. The molecule has 122 valence electrons. The largest absolute Gasteiger partial charge is 0.484 e. The summed E-state index contributed by atoms with van der Waals surface area (Å²) in [6, 6.07) is 10.3. The number of nitrogens with zero attached hydrogens (tertiary/aromatic N) is 1. The van der Waals surface area contributed by atoms with Crippen LogP contribution in [0.25, 0.3) is 0 Å². The molecule has 2 aromatic rings. The maximum Gasteiger partial charge on any atom is 0.260 e. The van der Waals surface area contributed by atoms with E-state index in [1.165, 1.54) is 0 Å². The molecule has 1 unspecified atom stereocenters. The summed E-state index contributed by atoms with van der Waals surface area (Å²) in [5.41, 5.74) is 0.648. The Bertz CT molecular complexity index is 646. The first-order valence-electron chi connectivity index (χ1n) is 7.58. The highest BCUT2D eigenvalue weighted by Gasteiger charge is 2.19. The van der Waals surface area contributed by atoms with Gasteiger partial charge in [-0.25, -0.2) is 0 Å². The lowest BCUT2D eigenvalue weighted by Gasteiger charge is -2.23. The summed E-state index contributed by atoms with van der Waals surface area (Å²) in [7, 11) is 1.71. The number of ketones is 1. The maximum absolute atomic E-state index is 12.2. The number of ether oxygens (including phenoxy) is 1. The van der Waals surface area contributed by atoms with E-state index in [0.29, 0.717) is 17.7 Å². The molecule has 0 aliphatic heterocycles. The molecule has 0 aliphatic carbocycles. The molecule has 1 aromatic heterocycles. The third kappa shape index (κ3) is 4.22. The van der Waals surface area contributed by atoms with Gasteiger partial charge in [0.25, 0.3) is 5.91 Å². The molecular weight excluding hydrogens is 294 g/mol. The molecule has 0 fully saturated rings. The van der Waals surface area contributed by atoms with Crippen LogP contribution in [0.2, 0.25) is 0 Å². The molecule has 0 N–H and O–H groups in total. The second-order valence-electron chi connectivity index (χ2n) is 5.29. The van der Waals surface area contributed by atoms with E-state index in [4.69, 9.17) is 9.15 Å². The monoisotopic (exact) mass is 315 g/mol. The number of carbonyl (C=O) groups excluding carboxylic acids is 2. The number of rotatable bonds is 7. The predicted molar refractivity (Wildman–Crippen MR) is 86.5 cm³/mol. The third-order valence-corrected chi connectivity index (χ3v) is 3.79. The molecule has 0 bridgehead atoms. The van der Waals surface area contributed by atoms with E-state index in [0.717, 1.165) is 5.76 Å². The minimum atomic E-state index is -0.161. The van der Waals surface area contributed by atoms with Crippen molar-refractivity contribution in [3.8, 4) is 5.75 Å². The van der Waals surface area contributed by atoms with E-state index in [1.54, 1.807) is 48.5 Å². The van der Waals surface area contributed by atoms with Gasteiger partial charge in [0.05, 0.1) is 12.3 Å². The first-order valence-corrected chi connectivity index (χ1v) is 7.58. The normalized spacial score (nSPS) is 11.8. The molecule has 5 nitrogen and oxygen atoms in total. The Hall–Kier alpha value is -2.56. The Balaban J connectivity index is 1.90. The van der Waals surface area contributed by atoms with Crippen LogP contribution in [-0.4, -0.2) is 30.2 Å². The zero-order chi connectivity index (χ0) is 16.8. The molecule has 1 heterocycles. The predicted octanol–water partition coefficient (Wildman–Crippen LogP) is 3.47. The van der Waals surface area contributed by atoms with Gasteiger partial charge in [0.2, 0.25) is 0 Å². The number of carbonyl (C=O) groups is 2. The van der Waals surface area contributed by atoms with Crippen molar-refractivity contribution in [2.75, 3.05) is 13.7 Å². The maximum atomic E-state index is 12.2. The number of likely N-dealkylation sites (N-methyl/N-ethyl adjacent to an activating group) is 1. The fourth-order valence-corrected chi connectivity index (χ4v) is 2.12. The van der Waals surface area contributed by atoms with Gasteiger partial charge in [0, 0.05) is 19.0 Å². The second-order valence-corrected chi connectivity index (χ2v) is 5.29. The quantitative estimate of drug-likeness (QED) is 0.734. The lowest BCUT2D eigenvalue weighted by molar-refractivity contribution is -0.134. The molecule has 5 heteroatoms. The number of hydrogen-bond acceptors (Lipinski definition) is 4. The van der Waals surface area contributed by atoms with E-state index in [9.17, 15) is 9.59 Å². The molecule has 0 saturated heterocycles. The number of hydrogen-bond donors (Lipinski definition) is 0. The standard InChI is InChI=1S/C18H21NO4/c1-4-16(20)14-7-9-15(10-8-14)23-12-18(21)19(3)13(2)17-6-5-11-22-17/h5-11,13H,4,12H2,1-3H3. The van der Waals surface area contributed by atoms with Gasteiger partial charge in [-0.2, -0.15) is 0 Å². The Morgan fingerprint density at radius 1 is 1.22 bits per heavy atom. The molecular formula is C18H21NO4. The molecule has 2 rings (SSSR count). The van der Waals surface area contributed by atoms with Gasteiger partial charge >= 0.3 is 0 Å². The van der Waals surface area contributed by atoms with Crippen LogP contribution in [0.15, 0.2) is 47.1 Å². The fourth-order valence-electron chi connectivity index (χ4n) is 2.12. The smallest absolute Gasteiger partial charge is 0.260 e. The minimum absolute atomic E-state index is 0.0668. The summed E-state index contributed by atoms with van der Waals surface area (Å²) >= 11 is 0. The van der Waals surface area contributed by atoms with Crippen LogP contribution in [0.5, 0.6) is 5.75 Å². The van der Waals surface area contributed by atoms with Gasteiger partial charge in [-0.05, 0) is 43.3 Å². The Kier molecular flexibility index (Phi) is 5.57. The molecule has 0 radical (unpaired) electrons. The highest BCUT2D eigenvalue weighted by atomic mass is 16.5. The van der Waals surface area contributed by atoms with E-state index in [-0.39, 0.29) is 24.3 Å². The summed E-state index contributed by atoms with van der Waals surface area (Å²) < 4.78 is 10.8. The van der Waals surface area contributed by atoms with Crippen molar-refractivity contribution < 1.29 is 18.7 Å². The molecule has 0 spiro atoms. The Morgan fingerprint density at radius 2 is 1.91 bits per heavy atom. The molecule has 1 amide bonds. The molecule has 1 atom stereocenters. The van der Waals surface area contributed by atoms with Crippen LogP contribution in [-0.2, 0) is 4.79 Å². The van der Waals surface area contributed by atoms with Crippen molar-refractivity contribution in [1.82, 2.24) is 4.90 Å². The van der Waals surface area contributed by atoms with E-state index < -0.39 is 0 Å². The van der Waals surface area contributed by atoms with Crippen LogP contribution >= 0.6 is 0 Å². The zero-order valence-electron chi connectivity index (χ0n) is 13.6. The number of Topliss-reactive ketones (excluding diaryl/α,β-unsaturated/α-hetero) is 1. The zero-order valence-corrected chi connectivity index (χ0v) is 13.6. The summed E-state index contributed by atoms with van der Waals surface area (Å²) in [6.45, 7) is 3.64. The van der Waals surface area contributed by atoms with E-state index in [1.807, 2.05) is 19.9 Å². The lowest BCUT2D eigenvalue weighted by Crippen LogP contribution is -2.33. The summed E-state index contributed by atoms with van der Waals surface area (Å²) in [5, 5.41) is 0. The Labute approximate surface area is 135 Å². The number of benzene rings is 1. The molecule has 23 heavy (non-hydrogen) atoms. The lowest BCUT2D eigenvalue weighted by atomic mass is 10.1. The molecule has 0 aliphatic rings. The van der Waals surface area contributed by atoms with Gasteiger partial charge in [0.15, 0.2) is 12.4 Å². The van der Waals surface area contributed by atoms with Crippen molar-refractivity contribution in [2.24, 2.45) is 0 Å². The molecule has 1 aromatic carbocycles. The average Bonchev–Trinajstić information content (AvgIpc) is 3.12. The van der Waals surface area contributed by atoms with E-state index >= 15 is 0 Å². The summed E-state index contributed by atoms with van der Waals surface area (Å²) in [5.74, 6) is 1.22. The van der Waals surface area contributed by atoms with Crippen molar-refractivity contribution in [3.63, 3.8) is 0 Å². The highest BCUT2D eigenvalue weighted by Crippen LogP contribution is 2.19. The van der Waals surface area contributed by atoms with Crippen LogP contribution in [0, 0.1) is 0 Å². The summed E-state index contributed by atoms with van der Waals surface area (Å²) in [4.78, 5) is 25.3. The average molecular weight is 315 g/mol. The van der Waals surface area contributed by atoms with E-state index in [2.05, 4.69) is 0 Å².